The molecule has 1 fully saturated rings. The van der Waals surface area contributed by atoms with Gasteiger partial charge in [0.1, 0.15) is 5.25 Å². The van der Waals surface area contributed by atoms with E-state index < -0.39 is 41.9 Å². The van der Waals surface area contributed by atoms with Crippen LogP contribution in [0.15, 0.2) is 82.6 Å². The number of hydrogen-bond donors (Lipinski definition) is 0. The Labute approximate surface area is 179 Å². The third kappa shape index (κ3) is 4.11. The lowest BCUT2D eigenvalue weighted by atomic mass is 9.98. The summed E-state index contributed by atoms with van der Waals surface area (Å²) in [5.41, 5.74) is 0.335. The van der Waals surface area contributed by atoms with Gasteiger partial charge in [0.15, 0.2) is 25.5 Å². The van der Waals surface area contributed by atoms with Gasteiger partial charge in [0.05, 0.1) is 15.0 Å². The third-order valence-corrected chi connectivity index (χ3v) is 10.4. The van der Waals surface area contributed by atoms with Gasteiger partial charge in [0, 0.05) is 17.7 Å². The van der Waals surface area contributed by atoms with Crippen LogP contribution in [-0.2, 0) is 24.5 Å². The number of halogens is 1. The second-order valence-electron chi connectivity index (χ2n) is 7.02. The molecule has 1 aliphatic carbocycles. The maximum Gasteiger partial charge on any atom is 0.188 e. The Bertz CT molecular complexity index is 1110. The molecule has 8 heteroatoms. The average molecular weight is 497 g/mol. The second kappa shape index (κ2) is 8.53. The van der Waals surface area contributed by atoms with Crippen molar-refractivity contribution < 1.29 is 21.6 Å². The molecule has 0 heterocycles. The SMILES string of the molecule is C=C(CBr)[C@H]([C@@H]1CCC(=O)[C@H]1S(=O)(=O)c1ccccc1)S(=O)(=O)c1ccccc1. The van der Waals surface area contributed by atoms with Crippen molar-refractivity contribution in [1.82, 2.24) is 0 Å². The predicted octanol–water partition coefficient (Wildman–Crippen LogP) is 3.60. The summed E-state index contributed by atoms with van der Waals surface area (Å²) in [6, 6.07) is 15.6. The monoisotopic (exact) mass is 496 g/mol. The first-order valence-electron chi connectivity index (χ1n) is 9.05. The highest BCUT2D eigenvalue weighted by molar-refractivity contribution is 9.09. The number of carbonyl (C=O) groups is 1. The molecule has 29 heavy (non-hydrogen) atoms. The predicted molar refractivity (Wildman–Crippen MR) is 115 cm³/mol. The fourth-order valence-electron chi connectivity index (χ4n) is 3.90. The summed E-state index contributed by atoms with van der Waals surface area (Å²) in [7, 11) is -7.98. The minimum absolute atomic E-state index is 0.0190. The summed E-state index contributed by atoms with van der Waals surface area (Å²) in [5, 5.41) is -2.41. The van der Waals surface area contributed by atoms with Gasteiger partial charge in [-0.25, -0.2) is 16.8 Å². The van der Waals surface area contributed by atoms with E-state index in [1.165, 1.54) is 24.3 Å². The van der Waals surface area contributed by atoms with Crippen molar-refractivity contribution in [2.45, 2.75) is 33.1 Å². The molecule has 3 atom stereocenters. The maximum atomic E-state index is 13.4. The van der Waals surface area contributed by atoms with Crippen LogP contribution in [0.5, 0.6) is 0 Å². The summed E-state index contributed by atoms with van der Waals surface area (Å²) in [6.07, 6.45) is 0.204. The van der Waals surface area contributed by atoms with Gasteiger partial charge in [-0.3, -0.25) is 4.79 Å². The molecule has 1 saturated carbocycles. The fourth-order valence-corrected chi connectivity index (χ4v) is 8.71. The molecular formula is C21H21BrO5S2. The van der Waals surface area contributed by atoms with Crippen LogP contribution in [0.25, 0.3) is 0 Å². The zero-order valence-electron chi connectivity index (χ0n) is 15.6. The van der Waals surface area contributed by atoms with Gasteiger partial charge in [0.25, 0.3) is 0 Å². The van der Waals surface area contributed by atoms with Crippen LogP contribution in [0, 0.1) is 5.92 Å². The molecule has 0 bridgehead atoms. The number of ketones is 1. The molecular weight excluding hydrogens is 476 g/mol. The molecule has 0 N–H and O–H groups in total. The van der Waals surface area contributed by atoms with Crippen molar-refractivity contribution in [3.8, 4) is 0 Å². The molecule has 0 unspecified atom stereocenters. The zero-order chi connectivity index (χ0) is 21.2. The molecule has 0 spiro atoms. The van der Waals surface area contributed by atoms with E-state index in [1.54, 1.807) is 36.4 Å². The normalized spacial score (nSPS) is 21.1. The van der Waals surface area contributed by atoms with Crippen LogP contribution >= 0.6 is 15.9 Å². The topological polar surface area (TPSA) is 85.3 Å². The van der Waals surface area contributed by atoms with Gasteiger partial charge >= 0.3 is 0 Å². The Kier molecular flexibility index (Phi) is 6.45. The minimum Gasteiger partial charge on any atom is -0.298 e. The zero-order valence-corrected chi connectivity index (χ0v) is 18.8. The van der Waals surface area contributed by atoms with E-state index >= 15 is 0 Å². The molecule has 0 saturated heterocycles. The molecule has 2 aromatic rings. The lowest BCUT2D eigenvalue weighted by Crippen LogP contribution is -2.42. The van der Waals surface area contributed by atoms with E-state index in [1.807, 2.05) is 0 Å². The Morgan fingerprint density at radius 3 is 2.00 bits per heavy atom. The third-order valence-electron chi connectivity index (χ3n) is 5.21. The molecule has 5 nitrogen and oxygen atoms in total. The van der Waals surface area contributed by atoms with Gasteiger partial charge < -0.3 is 0 Å². The fraction of sp³-hybridized carbons (Fsp3) is 0.286. The summed E-state index contributed by atoms with van der Waals surface area (Å²) in [5.74, 6) is -1.35. The van der Waals surface area contributed by atoms with Crippen LogP contribution in [0.1, 0.15) is 12.8 Å². The van der Waals surface area contributed by atoms with E-state index in [2.05, 4.69) is 22.5 Å². The summed E-state index contributed by atoms with van der Waals surface area (Å²) >= 11 is 3.26. The van der Waals surface area contributed by atoms with Crippen LogP contribution in [0.2, 0.25) is 0 Å². The molecule has 154 valence electrons. The van der Waals surface area contributed by atoms with Crippen molar-refractivity contribution in [3.05, 3.63) is 72.8 Å². The Hall–Kier alpha value is -1.77. The highest BCUT2D eigenvalue weighted by Crippen LogP contribution is 2.40. The quantitative estimate of drug-likeness (QED) is 0.431. The van der Waals surface area contributed by atoms with E-state index in [0.717, 1.165) is 0 Å². The first-order chi connectivity index (χ1) is 13.7. The van der Waals surface area contributed by atoms with Crippen molar-refractivity contribution in [1.29, 1.82) is 0 Å². The van der Waals surface area contributed by atoms with E-state index in [9.17, 15) is 21.6 Å². The lowest BCUT2D eigenvalue weighted by molar-refractivity contribution is -0.117. The largest absolute Gasteiger partial charge is 0.298 e. The van der Waals surface area contributed by atoms with Crippen molar-refractivity contribution in [2.24, 2.45) is 5.92 Å². The van der Waals surface area contributed by atoms with Gasteiger partial charge in [-0.05, 0) is 36.3 Å². The number of rotatable bonds is 7. The Morgan fingerprint density at radius 2 is 1.48 bits per heavy atom. The van der Waals surface area contributed by atoms with Crippen LogP contribution < -0.4 is 0 Å². The van der Waals surface area contributed by atoms with Gasteiger partial charge in [-0.2, -0.15) is 0 Å². The minimum atomic E-state index is -4.04. The maximum absolute atomic E-state index is 13.4. The van der Waals surface area contributed by atoms with Crippen LogP contribution in [0.4, 0.5) is 0 Å². The first-order valence-corrected chi connectivity index (χ1v) is 13.3. The lowest BCUT2D eigenvalue weighted by Gasteiger charge is -2.29. The summed E-state index contributed by atoms with van der Waals surface area (Å²) in [6.45, 7) is 3.89. The Morgan fingerprint density at radius 1 is 0.966 bits per heavy atom. The van der Waals surface area contributed by atoms with Gasteiger partial charge in [-0.1, -0.05) is 58.9 Å². The van der Waals surface area contributed by atoms with Gasteiger partial charge in [0.2, 0.25) is 0 Å². The molecule has 0 aliphatic heterocycles. The molecule has 3 rings (SSSR count). The van der Waals surface area contributed by atoms with E-state index in [0.29, 0.717) is 5.57 Å². The van der Waals surface area contributed by atoms with Crippen LogP contribution in [-0.4, -0.2) is 38.4 Å². The number of sulfone groups is 2. The number of carbonyl (C=O) groups excluding carboxylic acids is 1. The summed E-state index contributed by atoms with van der Waals surface area (Å²) < 4.78 is 53.4. The molecule has 1 aliphatic rings. The standard InChI is InChI=1S/C21H21BrO5S2/c1-15(14-22)20(28(24,25)16-8-4-2-5-9-16)18-12-13-19(23)21(18)29(26,27)17-10-6-3-7-11-17/h2-11,18,20-21H,1,12-14H2/t18-,20+,21-/m0/s1. The van der Waals surface area contributed by atoms with Crippen molar-refractivity contribution in [3.63, 3.8) is 0 Å². The van der Waals surface area contributed by atoms with Gasteiger partial charge in [-0.15, -0.1) is 0 Å². The highest BCUT2D eigenvalue weighted by Gasteiger charge is 2.51. The van der Waals surface area contributed by atoms with Crippen LogP contribution in [0.3, 0.4) is 0 Å². The first kappa shape index (κ1) is 21.9. The number of benzene rings is 2. The molecule has 0 radical (unpaired) electrons. The average Bonchev–Trinajstić information content (AvgIpc) is 3.10. The number of alkyl halides is 1. The van der Waals surface area contributed by atoms with E-state index in [-0.39, 0.29) is 28.0 Å². The number of Topliss-reactive ketones (excluding diaryl/α,β-unsaturated/α-hetero) is 1. The van der Waals surface area contributed by atoms with Crippen molar-refractivity contribution >= 4 is 41.4 Å². The molecule has 2 aromatic carbocycles. The smallest absolute Gasteiger partial charge is 0.188 e. The molecule has 0 aromatic heterocycles. The van der Waals surface area contributed by atoms with E-state index in [4.69, 9.17) is 0 Å². The second-order valence-corrected chi connectivity index (χ2v) is 11.7. The molecule has 0 amide bonds. The highest BCUT2D eigenvalue weighted by atomic mass is 79.9. The summed E-state index contributed by atoms with van der Waals surface area (Å²) in [4.78, 5) is 12.8. The van der Waals surface area contributed by atoms with Crippen molar-refractivity contribution in [2.75, 3.05) is 5.33 Å². The number of hydrogen-bond acceptors (Lipinski definition) is 5. The Balaban J connectivity index is 2.13.